The molecule has 2 saturated carbocycles. The average molecular weight is 465 g/mol. The molecule has 3 aliphatic rings. The predicted molar refractivity (Wildman–Crippen MR) is 123 cm³/mol. The number of likely N-dealkylation sites (tertiary alicyclic amines) is 1. The van der Waals surface area contributed by atoms with Crippen LogP contribution in [0.5, 0.6) is 5.75 Å². The number of aliphatic hydroxyl groups excluding tert-OH is 1. The Bertz CT molecular complexity index is 729. The topological polar surface area (TPSA) is 82.5 Å². The van der Waals surface area contributed by atoms with Crippen molar-refractivity contribution in [3.63, 3.8) is 0 Å². The lowest BCUT2D eigenvalue weighted by Crippen LogP contribution is -2.79. The number of nitrogens with zero attached hydrogens (tertiary/aromatic N) is 2. The molecule has 8 heteroatoms. The molecule has 1 aromatic heterocycles. The van der Waals surface area contributed by atoms with E-state index in [9.17, 15) is 5.11 Å². The van der Waals surface area contributed by atoms with Gasteiger partial charge in [-0.2, -0.15) is 0 Å². The Kier molecular flexibility index (Phi) is 8.96. The van der Waals surface area contributed by atoms with Gasteiger partial charge in [0.1, 0.15) is 31.1 Å². The fraction of sp³-hybridized carbons (Fsp3) is 0.800. The maximum absolute atomic E-state index is 11.1. The molecule has 1 unspecified atom stereocenters. The smallest absolute Gasteiger partial charge is 0.147 e. The molecule has 186 valence electrons. The lowest BCUT2D eigenvalue weighted by atomic mass is 9.77. The SMILES string of the molecule is COCO[C@@]1(Cc2cc(OCCC3CC3)ccn2)C(O)N(COC)[C@H]1COCCCC1CC1. The second kappa shape index (κ2) is 11.9. The van der Waals surface area contributed by atoms with Crippen LogP contribution in [0, 0.1) is 11.8 Å². The molecule has 1 N–H and O–H groups in total. The third-order valence-electron chi connectivity index (χ3n) is 7.05. The van der Waals surface area contributed by atoms with Crippen molar-refractivity contribution in [2.75, 3.05) is 47.6 Å². The first-order valence-corrected chi connectivity index (χ1v) is 12.4. The summed E-state index contributed by atoms with van der Waals surface area (Å²) in [5.74, 6) is 2.54. The van der Waals surface area contributed by atoms with Crippen LogP contribution in [0.15, 0.2) is 18.3 Å². The van der Waals surface area contributed by atoms with Crippen molar-refractivity contribution in [2.24, 2.45) is 11.8 Å². The quantitative estimate of drug-likeness (QED) is 0.278. The Labute approximate surface area is 197 Å². The summed E-state index contributed by atoms with van der Waals surface area (Å²) < 4.78 is 28.7. The Morgan fingerprint density at radius 3 is 2.61 bits per heavy atom. The molecule has 4 rings (SSSR count). The van der Waals surface area contributed by atoms with Gasteiger partial charge in [0.05, 0.1) is 19.3 Å². The Morgan fingerprint density at radius 2 is 1.88 bits per heavy atom. The molecule has 2 heterocycles. The molecular formula is C25H40N2O6. The van der Waals surface area contributed by atoms with E-state index in [1.807, 2.05) is 17.0 Å². The number of pyridine rings is 1. The normalized spacial score (nSPS) is 27.5. The highest BCUT2D eigenvalue weighted by Crippen LogP contribution is 2.41. The second-order valence-electron chi connectivity index (χ2n) is 9.73. The van der Waals surface area contributed by atoms with E-state index < -0.39 is 11.8 Å². The molecule has 33 heavy (non-hydrogen) atoms. The molecule has 1 aromatic rings. The summed E-state index contributed by atoms with van der Waals surface area (Å²) in [7, 11) is 3.21. The molecule has 3 fully saturated rings. The van der Waals surface area contributed by atoms with E-state index in [1.165, 1.54) is 32.1 Å². The molecule has 1 aliphatic heterocycles. The number of ether oxygens (including phenoxy) is 5. The monoisotopic (exact) mass is 464 g/mol. The van der Waals surface area contributed by atoms with Crippen LogP contribution in [0.1, 0.15) is 50.6 Å². The maximum atomic E-state index is 11.1. The van der Waals surface area contributed by atoms with E-state index in [2.05, 4.69) is 4.98 Å². The predicted octanol–water partition coefficient (Wildman–Crippen LogP) is 2.98. The zero-order chi connectivity index (χ0) is 23.1. The second-order valence-corrected chi connectivity index (χ2v) is 9.73. The highest BCUT2D eigenvalue weighted by atomic mass is 16.7. The minimum absolute atomic E-state index is 0.0770. The van der Waals surface area contributed by atoms with Gasteiger partial charge in [-0.1, -0.05) is 25.7 Å². The lowest BCUT2D eigenvalue weighted by molar-refractivity contribution is -0.336. The molecular weight excluding hydrogens is 424 g/mol. The van der Waals surface area contributed by atoms with Crippen LogP contribution in [0.25, 0.3) is 0 Å². The summed E-state index contributed by atoms with van der Waals surface area (Å²) in [4.78, 5) is 6.41. The summed E-state index contributed by atoms with van der Waals surface area (Å²) in [6, 6.07) is 3.66. The van der Waals surface area contributed by atoms with E-state index in [-0.39, 0.29) is 12.8 Å². The first-order valence-electron chi connectivity index (χ1n) is 12.4. The summed E-state index contributed by atoms with van der Waals surface area (Å²) in [6.07, 6.45) is 10.1. The molecule has 1 saturated heterocycles. The van der Waals surface area contributed by atoms with Crippen molar-refractivity contribution in [1.82, 2.24) is 9.88 Å². The number of methoxy groups -OCH3 is 2. The Morgan fingerprint density at radius 1 is 1.09 bits per heavy atom. The van der Waals surface area contributed by atoms with Gasteiger partial charge in [-0.3, -0.25) is 4.98 Å². The van der Waals surface area contributed by atoms with Crippen molar-refractivity contribution in [3.8, 4) is 5.75 Å². The van der Waals surface area contributed by atoms with E-state index in [4.69, 9.17) is 23.7 Å². The van der Waals surface area contributed by atoms with Crippen LogP contribution in [0.2, 0.25) is 0 Å². The van der Waals surface area contributed by atoms with E-state index in [0.717, 1.165) is 42.7 Å². The minimum Gasteiger partial charge on any atom is -0.493 e. The molecule has 0 bridgehead atoms. The van der Waals surface area contributed by atoms with Gasteiger partial charge in [0, 0.05) is 45.2 Å². The van der Waals surface area contributed by atoms with Gasteiger partial charge in [0.2, 0.25) is 0 Å². The van der Waals surface area contributed by atoms with Crippen LogP contribution in [0.3, 0.4) is 0 Å². The highest BCUT2D eigenvalue weighted by Gasteiger charge is 2.62. The van der Waals surface area contributed by atoms with Gasteiger partial charge < -0.3 is 28.8 Å². The summed E-state index contributed by atoms with van der Waals surface area (Å²) in [5, 5.41) is 11.1. The summed E-state index contributed by atoms with van der Waals surface area (Å²) in [6.45, 7) is 2.26. The first-order chi connectivity index (χ1) is 16.2. The molecule has 0 aromatic carbocycles. The van der Waals surface area contributed by atoms with Crippen molar-refractivity contribution in [3.05, 3.63) is 24.0 Å². The Balaban J connectivity index is 1.40. The zero-order valence-corrected chi connectivity index (χ0v) is 20.1. The van der Waals surface area contributed by atoms with Crippen LogP contribution in [-0.4, -0.2) is 80.4 Å². The van der Waals surface area contributed by atoms with Gasteiger partial charge in [-0.25, -0.2) is 4.90 Å². The number of rotatable bonds is 17. The Hall–Kier alpha value is -1.29. The van der Waals surface area contributed by atoms with Crippen molar-refractivity contribution in [1.29, 1.82) is 0 Å². The fourth-order valence-corrected chi connectivity index (χ4v) is 4.72. The molecule has 3 atom stereocenters. The molecule has 0 spiro atoms. The lowest BCUT2D eigenvalue weighted by Gasteiger charge is -2.59. The molecule has 0 radical (unpaired) electrons. The number of aromatic nitrogens is 1. The number of aliphatic hydroxyl groups is 1. The van der Waals surface area contributed by atoms with Crippen LogP contribution in [0.4, 0.5) is 0 Å². The molecule has 8 nitrogen and oxygen atoms in total. The third kappa shape index (κ3) is 6.65. The standard InChI is InChI=1S/C25H40N2O6/c1-29-17-27-23(16-31-12-3-4-19-5-6-19)25(24(27)28,33-18-30-2)15-21-14-22(9-11-26-21)32-13-10-20-7-8-20/h9,11,14,19-20,23-24,28H,3-8,10,12-13,15-18H2,1-2H3/t23-,24?,25+/m0/s1. The van der Waals surface area contributed by atoms with E-state index in [0.29, 0.717) is 26.4 Å². The van der Waals surface area contributed by atoms with Gasteiger partial charge in [-0.05, 0) is 37.2 Å². The minimum atomic E-state index is -0.898. The zero-order valence-electron chi connectivity index (χ0n) is 20.1. The highest BCUT2D eigenvalue weighted by molar-refractivity contribution is 5.26. The van der Waals surface area contributed by atoms with Gasteiger partial charge in [-0.15, -0.1) is 0 Å². The van der Waals surface area contributed by atoms with Gasteiger partial charge in [0.25, 0.3) is 0 Å². The summed E-state index contributed by atoms with van der Waals surface area (Å²) >= 11 is 0. The van der Waals surface area contributed by atoms with E-state index in [1.54, 1.807) is 20.4 Å². The van der Waals surface area contributed by atoms with Crippen molar-refractivity contribution in [2.45, 2.75) is 69.2 Å². The average Bonchev–Trinajstić information content (AvgIpc) is 3.74. The van der Waals surface area contributed by atoms with Crippen LogP contribution in [-0.2, 0) is 25.4 Å². The maximum Gasteiger partial charge on any atom is 0.147 e. The van der Waals surface area contributed by atoms with Gasteiger partial charge >= 0.3 is 0 Å². The summed E-state index contributed by atoms with van der Waals surface area (Å²) in [5.41, 5.74) is -0.0881. The molecule has 2 aliphatic carbocycles. The first kappa shape index (κ1) is 24.8. The van der Waals surface area contributed by atoms with Crippen LogP contribution >= 0.6 is 0 Å². The fourth-order valence-electron chi connectivity index (χ4n) is 4.72. The molecule has 0 amide bonds. The number of hydrogen-bond acceptors (Lipinski definition) is 8. The third-order valence-corrected chi connectivity index (χ3v) is 7.05. The van der Waals surface area contributed by atoms with Crippen molar-refractivity contribution >= 4 is 0 Å². The van der Waals surface area contributed by atoms with Gasteiger partial charge in [0.15, 0.2) is 0 Å². The van der Waals surface area contributed by atoms with Crippen molar-refractivity contribution < 1.29 is 28.8 Å². The number of hydrogen-bond donors (Lipinski definition) is 1. The van der Waals surface area contributed by atoms with E-state index >= 15 is 0 Å². The van der Waals surface area contributed by atoms with Crippen LogP contribution < -0.4 is 4.74 Å². The largest absolute Gasteiger partial charge is 0.493 e.